The van der Waals surface area contributed by atoms with Crippen molar-refractivity contribution in [2.24, 2.45) is 5.92 Å². The number of fused-ring (bicyclic) bond motifs is 1. The van der Waals surface area contributed by atoms with Crippen molar-refractivity contribution in [3.05, 3.63) is 59.8 Å². The normalized spacial score (nSPS) is 13.7. The highest BCUT2D eigenvalue weighted by atomic mass is 19.4. The summed E-state index contributed by atoms with van der Waals surface area (Å²) in [5.41, 5.74) is 0.670. The molecule has 3 aromatic rings. The number of benzene rings is 1. The molecule has 0 unspecified atom stereocenters. The van der Waals surface area contributed by atoms with E-state index >= 15 is 0 Å². The van der Waals surface area contributed by atoms with Gasteiger partial charge in [-0.25, -0.2) is 4.39 Å². The topological polar surface area (TPSA) is 37.9 Å². The summed E-state index contributed by atoms with van der Waals surface area (Å²) in [6.07, 6.45) is -1.61. The first-order valence-electron chi connectivity index (χ1n) is 8.92. The Balaban J connectivity index is 1.91. The number of nitrogens with one attached hydrogen (secondary N) is 1. The van der Waals surface area contributed by atoms with Gasteiger partial charge < -0.3 is 9.72 Å². The maximum absolute atomic E-state index is 13.8. The van der Waals surface area contributed by atoms with E-state index in [4.69, 9.17) is 4.74 Å². The number of aromatic nitrogens is 2. The third kappa shape index (κ3) is 4.29. The van der Waals surface area contributed by atoms with Crippen molar-refractivity contribution in [3.8, 4) is 5.75 Å². The van der Waals surface area contributed by atoms with Gasteiger partial charge in [-0.15, -0.1) is 0 Å². The predicted molar refractivity (Wildman–Crippen MR) is 99.9 cm³/mol. The van der Waals surface area contributed by atoms with Crippen LogP contribution in [0.5, 0.6) is 5.75 Å². The molecule has 1 N–H and O–H groups in total. The van der Waals surface area contributed by atoms with Crippen LogP contribution in [0.2, 0.25) is 0 Å². The van der Waals surface area contributed by atoms with Crippen LogP contribution in [0.25, 0.3) is 10.9 Å². The van der Waals surface area contributed by atoms with E-state index in [0.717, 1.165) is 5.39 Å². The minimum Gasteiger partial charge on any atom is -0.496 e. The largest absolute Gasteiger partial charge is 0.496 e. The van der Waals surface area contributed by atoms with Crippen LogP contribution in [0.4, 0.5) is 17.6 Å². The first kappa shape index (κ1) is 20.2. The third-order valence-corrected chi connectivity index (χ3v) is 5.06. The highest BCUT2D eigenvalue weighted by Gasteiger charge is 2.43. The molecule has 7 heteroatoms. The van der Waals surface area contributed by atoms with Crippen LogP contribution in [0.1, 0.15) is 31.5 Å². The number of hydrogen-bond donors (Lipinski definition) is 1. The quantitative estimate of drug-likeness (QED) is 0.537. The molecular weight excluding hydrogens is 372 g/mol. The van der Waals surface area contributed by atoms with Crippen molar-refractivity contribution in [3.63, 3.8) is 0 Å². The summed E-state index contributed by atoms with van der Waals surface area (Å²) in [4.78, 5) is 6.99. The summed E-state index contributed by atoms with van der Waals surface area (Å²) in [6, 6.07) is 7.39. The van der Waals surface area contributed by atoms with Crippen molar-refractivity contribution in [2.45, 2.75) is 38.3 Å². The van der Waals surface area contributed by atoms with Crippen LogP contribution in [-0.4, -0.2) is 23.3 Å². The van der Waals surface area contributed by atoms with Gasteiger partial charge in [-0.3, -0.25) is 4.98 Å². The van der Waals surface area contributed by atoms with Crippen LogP contribution in [0.15, 0.2) is 42.7 Å². The molecule has 0 bridgehead atoms. The number of hydrogen-bond acceptors (Lipinski definition) is 2. The second kappa shape index (κ2) is 7.45. The molecule has 28 heavy (non-hydrogen) atoms. The Labute approximate surface area is 160 Å². The first-order valence-corrected chi connectivity index (χ1v) is 8.92. The summed E-state index contributed by atoms with van der Waals surface area (Å²) in [7, 11) is 1.42. The number of alkyl halides is 3. The molecule has 0 aliphatic carbocycles. The van der Waals surface area contributed by atoms with Gasteiger partial charge in [0.25, 0.3) is 0 Å². The zero-order valence-corrected chi connectivity index (χ0v) is 15.9. The van der Waals surface area contributed by atoms with Gasteiger partial charge in [-0.05, 0) is 48.6 Å². The molecule has 0 spiro atoms. The van der Waals surface area contributed by atoms with Gasteiger partial charge in [-0.1, -0.05) is 13.8 Å². The Morgan fingerprint density at radius 1 is 1.14 bits per heavy atom. The minimum atomic E-state index is -4.40. The second-order valence-electron chi connectivity index (χ2n) is 7.63. The predicted octanol–water partition coefficient (Wildman–Crippen LogP) is 5.80. The van der Waals surface area contributed by atoms with Gasteiger partial charge in [0.05, 0.1) is 24.7 Å². The number of pyridine rings is 1. The smallest absolute Gasteiger partial charge is 0.392 e. The van der Waals surface area contributed by atoms with Crippen LogP contribution in [0.3, 0.4) is 0 Å². The Bertz CT molecular complexity index is 929. The maximum atomic E-state index is 13.8. The molecule has 0 radical (unpaired) electrons. The van der Waals surface area contributed by atoms with Crippen molar-refractivity contribution in [2.75, 3.05) is 7.11 Å². The number of rotatable bonds is 6. The van der Waals surface area contributed by atoms with Crippen LogP contribution in [0, 0.1) is 11.7 Å². The lowest BCUT2D eigenvalue weighted by Crippen LogP contribution is -2.32. The zero-order valence-electron chi connectivity index (χ0n) is 15.9. The lowest BCUT2D eigenvalue weighted by molar-refractivity contribution is -0.179. The molecule has 0 aliphatic heterocycles. The van der Waals surface area contributed by atoms with Crippen molar-refractivity contribution < 1.29 is 22.3 Å². The lowest BCUT2D eigenvalue weighted by atomic mass is 9.75. The van der Waals surface area contributed by atoms with Crippen molar-refractivity contribution in [1.29, 1.82) is 0 Å². The maximum Gasteiger partial charge on any atom is 0.392 e. The van der Waals surface area contributed by atoms with Crippen molar-refractivity contribution >= 4 is 10.9 Å². The molecule has 0 aliphatic rings. The summed E-state index contributed by atoms with van der Waals surface area (Å²) < 4.78 is 60.5. The fourth-order valence-corrected chi connectivity index (χ4v) is 3.65. The van der Waals surface area contributed by atoms with Gasteiger partial charge in [0, 0.05) is 22.8 Å². The number of H-pyrrole nitrogens is 1. The van der Waals surface area contributed by atoms with E-state index < -0.39 is 23.3 Å². The molecule has 2 aromatic heterocycles. The zero-order chi connectivity index (χ0) is 20.5. The van der Waals surface area contributed by atoms with Crippen molar-refractivity contribution in [1.82, 2.24) is 9.97 Å². The van der Waals surface area contributed by atoms with E-state index in [2.05, 4.69) is 9.97 Å². The minimum absolute atomic E-state index is 0.195. The fraction of sp³-hybridized carbons (Fsp3) is 0.381. The Morgan fingerprint density at radius 2 is 1.89 bits per heavy atom. The third-order valence-electron chi connectivity index (χ3n) is 5.06. The molecule has 0 fully saturated rings. The van der Waals surface area contributed by atoms with E-state index in [9.17, 15) is 17.6 Å². The standard InChI is InChI=1S/C21H22F4N2O/c1-20(2,17-10-15(22)4-5-19(17)28-3)11-14(21(23,24)25)9-16-8-13-6-7-26-12-18(13)27-16/h4-8,10,12,14,27H,9,11H2,1-3H3/t14-/m0/s1. The highest BCUT2D eigenvalue weighted by molar-refractivity contribution is 5.79. The molecule has 3 nitrogen and oxygen atoms in total. The van der Waals surface area contributed by atoms with E-state index in [-0.39, 0.29) is 12.8 Å². The number of aromatic amines is 1. The molecule has 150 valence electrons. The lowest BCUT2D eigenvalue weighted by Gasteiger charge is -2.32. The van der Waals surface area contributed by atoms with Crippen LogP contribution in [-0.2, 0) is 11.8 Å². The highest BCUT2D eigenvalue weighted by Crippen LogP contribution is 2.42. The van der Waals surface area contributed by atoms with Gasteiger partial charge >= 0.3 is 6.18 Å². The van der Waals surface area contributed by atoms with Gasteiger partial charge in [0.2, 0.25) is 0 Å². The molecule has 0 amide bonds. The molecule has 3 rings (SSSR count). The Morgan fingerprint density at radius 3 is 2.54 bits per heavy atom. The SMILES string of the molecule is COc1ccc(F)cc1C(C)(C)C[C@H](Cc1cc2ccncc2[nH]1)C(F)(F)F. The van der Waals surface area contributed by atoms with E-state index in [1.807, 2.05) is 0 Å². The number of halogens is 4. The van der Waals surface area contributed by atoms with E-state index in [1.54, 1.807) is 38.4 Å². The fourth-order valence-electron chi connectivity index (χ4n) is 3.65. The first-order chi connectivity index (χ1) is 13.1. The summed E-state index contributed by atoms with van der Waals surface area (Å²) >= 11 is 0. The van der Waals surface area contributed by atoms with E-state index in [1.165, 1.54) is 25.3 Å². The average Bonchev–Trinajstić information content (AvgIpc) is 3.02. The van der Waals surface area contributed by atoms with Gasteiger partial charge in [-0.2, -0.15) is 13.2 Å². The molecule has 0 saturated heterocycles. The number of methoxy groups -OCH3 is 1. The molecule has 1 aromatic carbocycles. The van der Waals surface area contributed by atoms with Gasteiger partial charge in [0.1, 0.15) is 11.6 Å². The summed E-state index contributed by atoms with van der Waals surface area (Å²) in [5, 5.41) is 0.817. The molecule has 2 heterocycles. The molecule has 1 atom stereocenters. The molecule has 0 saturated carbocycles. The van der Waals surface area contributed by atoms with Crippen LogP contribution < -0.4 is 4.74 Å². The number of ether oxygens (including phenoxy) is 1. The Hall–Kier alpha value is -2.57. The Kier molecular flexibility index (Phi) is 5.37. The number of nitrogens with zero attached hydrogens (tertiary/aromatic N) is 1. The average molecular weight is 394 g/mol. The summed E-state index contributed by atoms with van der Waals surface area (Å²) in [6.45, 7) is 3.36. The van der Waals surface area contributed by atoms with E-state index in [0.29, 0.717) is 22.5 Å². The monoisotopic (exact) mass is 394 g/mol. The summed E-state index contributed by atoms with van der Waals surface area (Å²) in [5.74, 6) is -1.73. The van der Waals surface area contributed by atoms with Crippen LogP contribution >= 0.6 is 0 Å². The van der Waals surface area contributed by atoms with Gasteiger partial charge in [0.15, 0.2) is 0 Å². The molecular formula is C21H22F4N2O. The second-order valence-corrected chi connectivity index (χ2v) is 7.63.